The monoisotopic (exact) mass is 238 g/mol. The van der Waals surface area contributed by atoms with E-state index in [2.05, 4.69) is 4.90 Å². The van der Waals surface area contributed by atoms with Gasteiger partial charge in [-0.05, 0) is 17.7 Å². The molecule has 94 valence electrons. The van der Waals surface area contributed by atoms with Crippen molar-refractivity contribution >= 4 is 5.69 Å². The molecule has 1 fully saturated rings. The number of aliphatic hydroxyl groups is 1. The van der Waals surface area contributed by atoms with Crippen LogP contribution in [-0.4, -0.2) is 47.5 Å². The normalized spacial score (nSPS) is 21.6. The van der Waals surface area contributed by atoms with E-state index in [9.17, 15) is 5.11 Å². The molecule has 1 aromatic rings. The van der Waals surface area contributed by atoms with Crippen molar-refractivity contribution < 1.29 is 14.9 Å². The number of benzene rings is 1. The van der Waals surface area contributed by atoms with Crippen LogP contribution < -0.4 is 5.73 Å². The lowest BCUT2D eigenvalue weighted by Gasteiger charge is -2.32. The number of hydrogen-bond donors (Lipinski definition) is 3. The lowest BCUT2D eigenvalue weighted by Crippen LogP contribution is -2.43. The van der Waals surface area contributed by atoms with Gasteiger partial charge in [-0.15, -0.1) is 0 Å². The fourth-order valence-electron chi connectivity index (χ4n) is 2.00. The highest BCUT2D eigenvalue weighted by molar-refractivity contribution is 5.53. The maximum Gasteiger partial charge on any atom is 0.138 e. The van der Waals surface area contributed by atoms with E-state index in [0.29, 0.717) is 12.3 Å². The Morgan fingerprint density at radius 3 is 3.00 bits per heavy atom. The van der Waals surface area contributed by atoms with Crippen molar-refractivity contribution in [2.75, 3.05) is 32.0 Å². The Morgan fingerprint density at radius 1 is 1.47 bits per heavy atom. The summed E-state index contributed by atoms with van der Waals surface area (Å²) in [5.41, 5.74) is 7.10. The van der Waals surface area contributed by atoms with Crippen molar-refractivity contribution in [1.29, 1.82) is 0 Å². The Morgan fingerprint density at radius 2 is 2.29 bits per heavy atom. The predicted molar refractivity (Wildman–Crippen MR) is 64.6 cm³/mol. The number of aromatic hydroxyl groups is 1. The summed E-state index contributed by atoms with van der Waals surface area (Å²) in [6, 6.07) is 5.24. The SMILES string of the molecule is Nc1cc(CN2CCOC(CO)C2)ccc1O. The fraction of sp³-hybridized carbons (Fsp3) is 0.500. The molecule has 0 aromatic heterocycles. The van der Waals surface area contributed by atoms with Crippen LogP contribution in [0.15, 0.2) is 18.2 Å². The highest BCUT2D eigenvalue weighted by Crippen LogP contribution is 2.21. The maximum absolute atomic E-state index is 9.34. The van der Waals surface area contributed by atoms with Crippen LogP contribution in [0.25, 0.3) is 0 Å². The minimum absolute atomic E-state index is 0.0498. The van der Waals surface area contributed by atoms with Gasteiger partial charge in [0.2, 0.25) is 0 Å². The van der Waals surface area contributed by atoms with Crippen LogP contribution in [0.4, 0.5) is 5.69 Å². The molecule has 1 aliphatic rings. The van der Waals surface area contributed by atoms with E-state index >= 15 is 0 Å². The van der Waals surface area contributed by atoms with Crippen molar-refractivity contribution in [3.63, 3.8) is 0 Å². The molecule has 0 bridgehead atoms. The first-order valence-electron chi connectivity index (χ1n) is 5.71. The average Bonchev–Trinajstić information content (AvgIpc) is 2.34. The molecule has 1 aromatic carbocycles. The van der Waals surface area contributed by atoms with Gasteiger partial charge in [0, 0.05) is 19.6 Å². The Hall–Kier alpha value is -1.30. The number of morpholine rings is 1. The number of phenols is 1. The second kappa shape index (κ2) is 5.35. The highest BCUT2D eigenvalue weighted by atomic mass is 16.5. The molecule has 0 aliphatic carbocycles. The second-order valence-corrected chi connectivity index (χ2v) is 4.30. The third-order valence-corrected chi connectivity index (χ3v) is 2.92. The molecule has 0 radical (unpaired) electrons. The van der Waals surface area contributed by atoms with Gasteiger partial charge in [-0.1, -0.05) is 6.07 Å². The van der Waals surface area contributed by atoms with Crippen molar-refractivity contribution in [1.82, 2.24) is 4.90 Å². The Kier molecular flexibility index (Phi) is 3.83. The standard InChI is InChI=1S/C12H18N2O3/c13-11-5-9(1-2-12(11)16)6-14-3-4-17-10(7-14)8-15/h1-2,5,10,15-16H,3-4,6-8,13H2. The maximum atomic E-state index is 9.34. The molecule has 2 rings (SSSR count). The predicted octanol–water partition coefficient (Wildman–Crippen LogP) is 0.167. The minimum atomic E-state index is -0.0989. The Labute approximate surface area is 100 Å². The number of aliphatic hydroxyl groups excluding tert-OH is 1. The molecule has 4 N–H and O–H groups in total. The minimum Gasteiger partial charge on any atom is -0.506 e. The average molecular weight is 238 g/mol. The topological polar surface area (TPSA) is 79.0 Å². The van der Waals surface area contributed by atoms with Gasteiger partial charge in [0.1, 0.15) is 5.75 Å². The molecule has 1 unspecified atom stereocenters. The number of nitrogen functional groups attached to an aromatic ring is 1. The van der Waals surface area contributed by atoms with Crippen LogP contribution >= 0.6 is 0 Å². The highest BCUT2D eigenvalue weighted by Gasteiger charge is 2.19. The summed E-state index contributed by atoms with van der Waals surface area (Å²) in [5, 5.41) is 18.4. The largest absolute Gasteiger partial charge is 0.506 e. The summed E-state index contributed by atoms with van der Waals surface area (Å²) in [4.78, 5) is 2.20. The first-order valence-corrected chi connectivity index (χ1v) is 5.71. The van der Waals surface area contributed by atoms with Crippen molar-refractivity contribution in [3.8, 4) is 5.75 Å². The van der Waals surface area contributed by atoms with Gasteiger partial charge in [-0.3, -0.25) is 4.90 Å². The second-order valence-electron chi connectivity index (χ2n) is 4.30. The number of phenolic OH excluding ortho intramolecular Hbond substituents is 1. The molecular weight excluding hydrogens is 220 g/mol. The Balaban J connectivity index is 1.97. The van der Waals surface area contributed by atoms with Crippen LogP contribution in [0.1, 0.15) is 5.56 Å². The van der Waals surface area contributed by atoms with Crippen molar-refractivity contribution in [3.05, 3.63) is 23.8 Å². The lowest BCUT2D eigenvalue weighted by atomic mass is 10.1. The molecule has 0 spiro atoms. The van der Waals surface area contributed by atoms with Gasteiger partial charge in [-0.2, -0.15) is 0 Å². The number of ether oxygens (including phenoxy) is 1. The molecule has 0 amide bonds. The number of hydrogen-bond acceptors (Lipinski definition) is 5. The molecule has 17 heavy (non-hydrogen) atoms. The van der Waals surface area contributed by atoms with E-state index in [4.69, 9.17) is 15.6 Å². The molecule has 5 heteroatoms. The van der Waals surface area contributed by atoms with Gasteiger partial charge in [0.15, 0.2) is 0 Å². The third kappa shape index (κ3) is 3.09. The first-order chi connectivity index (χ1) is 8.19. The van der Waals surface area contributed by atoms with Crippen LogP contribution in [-0.2, 0) is 11.3 Å². The number of nitrogens with two attached hydrogens (primary N) is 1. The van der Waals surface area contributed by atoms with Gasteiger partial charge in [-0.25, -0.2) is 0 Å². The van der Waals surface area contributed by atoms with E-state index in [0.717, 1.165) is 25.2 Å². The van der Waals surface area contributed by atoms with E-state index < -0.39 is 0 Å². The summed E-state index contributed by atoms with van der Waals surface area (Å²) >= 11 is 0. The van der Waals surface area contributed by atoms with E-state index in [1.165, 1.54) is 0 Å². The molecular formula is C12H18N2O3. The fourth-order valence-corrected chi connectivity index (χ4v) is 2.00. The summed E-state index contributed by atoms with van der Waals surface area (Å²) in [5.74, 6) is 0.115. The summed E-state index contributed by atoms with van der Waals surface area (Å²) in [6.45, 7) is 3.01. The van der Waals surface area contributed by atoms with Crippen LogP contribution in [0.2, 0.25) is 0 Å². The zero-order valence-electron chi connectivity index (χ0n) is 9.67. The molecule has 0 saturated carbocycles. The summed E-state index contributed by atoms with van der Waals surface area (Å²) in [6.07, 6.45) is -0.0989. The van der Waals surface area contributed by atoms with Crippen LogP contribution in [0.5, 0.6) is 5.75 Å². The third-order valence-electron chi connectivity index (χ3n) is 2.92. The summed E-state index contributed by atoms with van der Waals surface area (Å²) in [7, 11) is 0. The van der Waals surface area contributed by atoms with Gasteiger partial charge in [0.05, 0.1) is 25.0 Å². The summed E-state index contributed by atoms with van der Waals surface area (Å²) < 4.78 is 5.38. The molecule has 1 aliphatic heterocycles. The number of rotatable bonds is 3. The van der Waals surface area contributed by atoms with Gasteiger partial charge >= 0.3 is 0 Å². The Bertz CT molecular complexity index is 384. The lowest BCUT2D eigenvalue weighted by molar-refractivity contribution is -0.0551. The molecule has 1 heterocycles. The first kappa shape index (κ1) is 12.2. The molecule has 1 saturated heterocycles. The van der Waals surface area contributed by atoms with Crippen molar-refractivity contribution in [2.45, 2.75) is 12.6 Å². The van der Waals surface area contributed by atoms with E-state index in [-0.39, 0.29) is 18.5 Å². The number of anilines is 1. The van der Waals surface area contributed by atoms with Crippen LogP contribution in [0, 0.1) is 0 Å². The van der Waals surface area contributed by atoms with Gasteiger partial charge < -0.3 is 20.7 Å². The van der Waals surface area contributed by atoms with E-state index in [1.807, 2.05) is 6.07 Å². The zero-order chi connectivity index (χ0) is 12.3. The zero-order valence-corrected chi connectivity index (χ0v) is 9.67. The number of nitrogens with zero attached hydrogens (tertiary/aromatic N) is 1. The van der Waals surface area contributed by atoms with Crippen molar-refractivity contribution in [2.24, 2.45) is 0 Å². The molecule has 1 atom stereocenters. The quantitative estimate of drug-likeness (QED) is 0.516. The molecule has 5 nitrogen and oxygen atoms in total. The van der Waals surface area contributed by atoms with E-state index in [1.54, 1.807) is 12.1 Å². The van der Waals surface area contributed by atoms with Crippen LogP contribution in [0.3, 0.4) is 0 Å². The smallest absolute Gasteiger partial charge is 0.138 e. The van der Waals surface area contributed by atoms with Gasteiger partial charge in [0.25, 0.3) is 0 Å².